The Hall–Kier alpha value is -3.10. The maximum atomic E-state index is 12.3. The smallest absolute Gasteiger partial charge is 0.227 e. The molecule has 0 saturated heterocycles. The maximum Gasteiger partial charge on any atom is 0.227 e. The van der Waals surface area contributed by atoms with Crippen molar-refractivity contribution in [1.29, 1.82) is 0 Å². The van der Waals surface area contributed by atoms with E-state index >= 15 is 0 Å². The summed E-state index contributed by atoms with van der Waals surface area (Å²) >= 11 is 0. The number of anilines is 1. The second-order valence-electron chi connectivity index (χ2n) is 7.06. The Bertz CT molecular complexity index is 894. The van der Waals surface area contributed by atoms with Crippen molar-refractivity contribution in [2.75, 3.05) is 5.32 Å². The summed E-state index contributed by atoms with van der Waals surface area (Å²) in [4.78, 5) is 16.6. The highest BCUT2D eigenvalue weighted by molar-refractivity contribution is 5.91. The van der Waals surface area contributed by atoms with Crippen molar-refractivity contribution in [3.63, 3.8) is 0 Å². The van der Waals surface area contributed by atoms with E-state index in [1.807, 2.05) is 45.9 Å². The largest absolute Gasteiger partial charge is 0.339 e. The van der Waals surface area contributed by atoms with E-state index in [0.717, 1.165) is 11.3 Å². The lowest BCUT2D eigenvalue weighted by Gasteiger charge is -2.11. The number of benzene rings is 1. The van der Waals surface area contributed by atoms with Gasteiger partial charge in [-0.15, -0.1) is 5.10 Å². The molecule has 1 amide bonds. The van der Waals surface area contributed by atoms with Crippen LogP contribution in [0.2, 0.25) is 0 Å². The molecule has 0 unspecified atom stereocenters. The van der Waals surface area contributed by atoms with Crippen LogP contribution in [0.1, 0.15) is 44.5 Å². The average Bonchev–Trinajstić information content (AvgIpc) is 3.26. The third-order valence-corrected chi connectivity index (χ3v) is 3.81. The third-order valence-electron chi connectivity index (χ3n) is 3.81. The molecule has 0 fully saturated rings. The number of aryl methyl sites for hydroxylation is 2. The van der Waals surface area contributed by atoms with Gasteiger partial charge in [0.25, 0.3) is 0 Å². The fraction of sp³-hybridized carbons (Fsp3) is 0.412. The van der Waals surface area contributed by atoms with Gasteiger partial charge in [0.1, 0.15) is 6.33 Å². The molecule has 3 rings (SSSR count). The second-order valence-corrected chi connectivity index (χ2v) is 7.06. The number of carbonyl (C=O) groups excluding carboxylic acids is 1. The predicted molar refractivity (Wildman–Crippen MR) is 93.8 cm³/mol. The van der Waals surface area contributed by atoms with Gasteiger partial charge in [0.2, 0.25) is 11.8 Å². The first-order valence-electron chi connectivity index (χ1n) is 8.30. The zero-order valence-electron chi connectivity index (χ0n) is 15.2. The van der Waals surface area contributed by atoms with E-state index in [1.54, 1.807) is 0 Å². The summed E-state index contributed by atoms with van der Waals surface area (Å²) in [6.45, 7) is 7.95. The lowest BCUT2D eigenvalue weighted by atomic mass is 9.96. The molecule has 2 aromatic heterocycles. The molecule has 0 bridgehead atoms. The standard InChI is InChI=1S/C17H21N7O2/c1-11-5-6-12(24-10-18-22-23-24)9-13(11)19-14(25)7-8-15-20-16(21-26-15)17(2,3)4/h5-6,9-10H,7-8H2,1-4H3,(H,19,25). The zero-order chi connectivity index (χ0) is 18.7. The van der Waals surface area contributed by atoms with Gasteiger partial charge in [-0.1, -0.05) is 32.0 Å². The van der Waals surface area contributed by atoms with Gasteiger partial charge in [0.05, 0.1) is 5.69 Å². The van der Waals surface area contributed by atoms with Crippen LogP contribution >= 0.6 is 0 Å². The predicted octanol–water partition coefficient (Wildman–Crippen LogP) is 2.22. The number of carbonyl (C=O) groups is 1. The Morgan fingerprint density at radius 1 is 1.31 bits per heavy atom. The molecule has 0 aliphatic heterocycles. The molecular weight excluding hydrogens is 334 g/mol. The van der Waals surface area contributed by atoms with Gasteiger partial charge < -0.3 is 9.84 Å². The lowest BCUT2D eigenvalue weighted by Crippen LogP contribution is -2.14. The van der Waals surface area contributed by atoms with E-state index in [2.05, 4.69) is 31.0 Å². The molecule has 0 radical (unpaired) electrons. The topological polar surface area (TPSA) is 112 Å². The Labute approximate surface area is 150 Å². The Morgan fingerprint density at radius 3 is 2.77 bits per heavy atom. The number of nitrogens with zero attached hydrogens (tertiary/aromatic N) is 6. The van der Waals surface area contributed by atoms with Crippen molar-refractivity contribution in [1.82, 2.24) is 30.3 Å². The molecule has 2 heterocycles. The summed E-state index contributed by atoms with van der Waals surface area (Å²) in [5, 5.41) is 18.0. The van der Waals surface area contributed by atoms with Crippen LogP contribution in [0.15, 0.2) is 29.0 Å². The van der Waals surface area contributed by atoms with Gasteiger partial charge in [-0.05, 0) is 35.0 Å². The van der Waals surface area contributed by atoms with Crippen molar-refractivity contribution in [2.45, 2.75) is 46.0 Å². The number of nitrogens with one attached hydrogen (secondary N) is 1. The first kappa shape index (κ1) is 17.7. The number of rotatable bonds is 5. The summed E-state index contributed by atoms with van der Waals surface area (Å²) < 4.78 is 6.75. The zero-order valence-corrected chi connectivity index (χ0v) is 15.2. The van der Waals surface area contributed by atoms with E-state index in [1.165, 1.54) is 11.0 Å². The van der Waals surface area contributed by atoms with Crippen LogP contribution in [-0.4, -0.2) is 36.3 Å². The highest BCUT2D eigenvalue weighted by Crippen LogP contribution is 2.20. The van der Waals surface area contributed by atoms with E-state index in [0.29, 0.717) is 23.8 Å². The van der Waals surface area contributed by atoms with E-state index in [4.69, 9.17) is 4.52 Å². The van der Waals surface area contributed by atoms with Gasteiger partial charge in [0.15, 0.2) is 5.82 Å². The Balaban J connectivity index is 1.63. The molecule has 0 spiro atoms. The van der Waals surface area contributed by atoms with Gasteiger partial charge >= 0.3 is 0 Å². The first-order valence-corrected chi connectivity index (χ1v) is 8.30. The van der Waals surface area contributed by atoms with Gasteiger partial charge in [0, 0.05) is 23.9 Å². The molecule has 1 aromatic carbocycles. The van der Waals surface area contributed by atoms with E-state index in [9.17, 15) is 4.79 Å². The van der Waals surface area contributed by atoms with Gasteiger partial charge in [-0.25, -0.2) is 4.68 Å². The molecule has 26 heavy (non-hydrogen) atoms. The molecule has 0 saturated carbocycles. The number of tetrazole rings is 1. The number of hydrogen-bond acceptors (Lipinski definition) is 7. The molecule has 9 heteroatoms. The molecule has 0 aliphatic carbocycles. The minimum Gasteiger partial charge on any atom is -0.339 e. The monoisotopic (exact) mass is 355 g/mol. The summed E-state index contributed by atoms with van der Waals surface area (Å²) in [6, 6.07) is 5.61. The quantitative estimate of drug-likeness (QED) is 0.747. The van der Waals surface area contributed by atoms with Crippen LogP contribution in [0.4, 0.5) is 5.69 Å². The van der Waals surface area contributed by atoms with Gasteiger partial charge in [-0.3, -0.25) is 4.79 Å². The molecule has 0 aliphatic rings. The number of amides is 1. The minimum absolute atomic E-state index is 0.127. The van der Waals surface area contributed by atoms with Crippen LogP contribution in [0.3, 0.4) is 0 Å². The van der Waals surface area contributed by atoms with Crippen molar-refractivity contribution in [3.05, 3.63) is 41.8 Å². The van der Waals surface area contributed by atoms with E-state index < -0.39 is 0 Å². The fourth-order valence-electron chi connectivity index (χ4n) is 2.26. The van der Waals surface area contributed by atoms with Crippen molar-refractivity contribution < 1.29 is 9.32 Å². The molecule has 136 valence electrons. The third kappa shape index (κ3) is 4.11. The summed E-state index contributed by atoms with van der Waals surface area (Å²) in [5.74, 6) is 0.972. The highest BCUT2D eigenvalue weighted by atomic mass is 16.5. The molecule has 1 N–H and O–H groups in total. The number of aromatic nitrogens is 6. The first-order chi connectivity index (χ1) is 12.3. The summed E-state index contributed by atoms with van der Waals surface area (Å²) in [5.41, 5.74) is 2.24. The van der Waals surface area contributed by atoms with E-state index in [-0.39, 0.29) is 17.7 Å². The Morgan fingerprint density at radius 2 is 2.12 bits per heavy atom. The molecule has 9 nitrogen and oxygen atoms in total. The summed E-state index contributed by atoms with van der Waals surface area (Å²) in [7, 11) is 0. The average molecular weight is 355 g/mol. The SMILES string of the molecule is Cc1ccc(-n2cnnn2)cc1NC(=O)CCc1nc(C(C)(C)C)no1. The van der Waals surface area contributed by atoms with Crippen LogP contribution in [0, 0.1) is 6.92 Å². The van der Waals surface area contributed by atoms with Crippen LogP contribution in [-0.2, 0) is 16.6 Å². The van der Waals surface area contributed by atoms with Crippen LogP contribution in [0.25, 0.3) is 5.69 Å². The number of hydrogen-bond donors (Lipinski definition) is 1. The van der Waals surface area contributed by atoms with Crippen molar-refractivity contribution in [3.8, 4) is 5.69 Å². The normalized spacial score (nSPS) is 11.5. The van der Waals surface area contributed by atoms with Crippen molar-refractivity contribution >= 4 is 11.6 Å². The maximum absolute atomic E-state index is 12.3. The van der Waals surface area contributed by atoms with Crippen LogP contribution < -0.4 is 5.32 Å². The molecular formula is C17H21N7O2. The fourth-order valence-corrected chi connectivity index (χ4v) is 2.26. The minimum atomic E-state index is -0.183. The molecule has 3 aromatic rings. The molecule has 0 atom stereocenters. The van der Waals surface area contributed by atoms with Gasteiger partial charge in [-0.2, -0.15) is 4.98 Å². The highest BCUT2D eigenvalue weighted by Gasteiger charge is 2.21. The van der Waals surface area contributed by atoms with Crippen molar-refractivity contribution in [2.24, 2.45) is 0 Å². The second kappa shape index (κ2) is 7.03. The summed E-state index contributed by atoms with van der Waals surface area (Å²) in [6.07, 6.45) is 2.14. The Kier molecular flexibility index (Phi) is 4.79. The van der Waals surface area contributed by atoms with Crippen LogP contribution in [0.5, 0.6) is 0 Å². The lowest BCUT2D eigenvalue weighted by molar-refractivity contribution is -0.116.